The Morgan fingerprint density at radius 2 is 0.891 bits per heavy atom. The van der Waals surface area contributed by atoms with Gasteiger partial charge in [-0.1, -0.05) is 196 Å². The number of hydrogen-bond acceptors (Lipinski definition) is 0. The Labute approximate surface area is 323 Å². The van der Waals surface area contributed by atoms with E-state index in [1.54, 1.807) is 0 Å². The SMILES string of the molecule is CC1(C)c2ccccc2-c2cc(-c3c4ccccc4c(-c4cccc(C=C(c5ccccc5)c5ccccc5)c4)c4ccc(-c5ccccc5)cc34)ccc21. The van der Waals surface area contributed by atoms with E-state index in [1.807, 2.05) is 0 Å². The molecule has 9 aromatic rings. The molecule has 0 aliphatic heterocycles. The van der Waals surface area contributed by atoms with Gasteiger partial charge >= 0.3 is 0 Å². The summed E-state index contributed by atoms with van der Waals surface area (Å²) in [6, 6.07) is 73.5. The van der Waals surface area contributed by atoms with E-state index in [-0.39, 0.29) is 5.41 Å². The second-order valence-electron chi connectivity index (χ2n) is 15.3. The van der Waals surface area contributed by atoms with Gasteiger partial charge in [-0.3, -0.25) is 0 Å². The molecular weight excluding hydrogens is 661 g/mol. The van der Waals surface area contributed by atoms with E-state index in [2.05, 4.69) is 220 Å². The first-order chi connectivity index (χ1) is 27.0. The summed E-state index contributed by atoms with van der Waals surface area (Å²) in [5, 5.41) is 5.03. The van der Waals surface area contributed by atoms with Gasteiger partial charge in [0.2, 0.25) is 0 Å². The van der Waals surface area contributed by atoms with Crippen LogP contribution in [0.4, 0.5) is 0 Å². The van der Waals surface area contributed by atoms with Gasteiger partial charge in [0.15, 0.2) is 0 Å². The highest BCUT2D eigenvalue weighted by atomic mass is 14.4. The predicted molar refractivity (Wildman–Crippen MR) is 235 cm³/mol. The first-order valence-corrected chi connectivity index (χ1v) is 19.3. The largest absolute Gasteiger partial charge is 0.0622 e. The van der Waals surface area contributed by atoms with Crippen molar-refractivity contribution in [3.63, 3.8) is 0 Å². The molecule has 0 spiro atoms. The lowest BCUT2D eigenvalue weighted by molar-refractivity contribution is 0.660. The molecule has 0 fully saturated rings. The van der Waals surface area contributed by atoms with Crippen LogP contribution in [-0.4, -0.2) is 0 Å². The van der Waals surface area contributed by atoms with Gasteiger partial charge in [0, 0.05) is 5.41 Å². The van der Waals surface area contributed by atoms with Gasteiger partial charge < -0.3 is 0 Å². The van der Waals surface area contributed by atoms with Gasteiger partial charge in [0.25, 0.3) is 0 Å². The molecular formula is C55H40. The minimum atomic E-state index is -0.0424. The van der Waals surface area contributed by atoms with Crippen LogP contribution in [0.3, 0.4) is 0 Å². The van der Waals surface area contributed by atoms with Crippen LogP contribution in [-0.2, 0) is 5.41 Å². The van der Waals surface area contributed by atoms with Crippen LogP contribution in [0, 0.1) is 0 Å². The summed E-state index contributed by atoms with van der Waals surface area (Å²) in [4.78, 5) is 0. The van der Waals surface area contributed by atoms with E-state index >= 15 is 0 Å². The van der Waals surface area contributed by atoms with Crippen LogP contribution >= 0.6 is 0 Å². The Balaban J connectivity index is 1.23. The van der Waals surface area contributed by atoms with Crippen LogP contribution in [0.2, 0.25) is 0 Å². The van der Waals surface area contributed by atoms with Crippen molar-refractivity contribution < 1.29 is 0 Å². The predicted octanol–water partition coefficient (Wildman–Crippen LogP) is 14.9. The first kappa shape index (κ1) is 32.9. The van der Waals surface area contributed by atoms with Crippen molar-refractivity contribution in [1.82, 2.24) is 0 Å². The third-order valence-corrected chi connectivity index (χ3v) is 11.7. The fourth-order valence-electron chi connectivity index (χ4n) is 9.01. The van der Waals surface area contributed by atoms with E-state index in [4.69, 9.17) is 0 Å². The Kier molecular flexibility index (Phi) is 7.93. The highest BCUT2D eigenvalue weighted by Crippen LogP contribution is 2.51. The number of rotatable bonds is 6. The number of hydrogen-bond donors (Lipinski definition) is 0. The van der Waals surface area contributed by atoms with Gasteiger partial charge in [0.1, 0.15) is 0 Å². The zero-order valence-corrected chi connectivity index (χ0v) is 31.1. The van der Waals surface area contributed by atoms with Crippen molar-refractivity contribution in [3.8, 4) is 44.5 Å². The molecule has 10 rings (SSSR count). The molecule has 1 aliphatic rings. The second kappa shape index (κ2) is 13.3. The molecule has 0 unspecified atom stereocenters. The Bertz CT molecular complexity index is 2870. The molecule has 0 atom stereocenters. The van der Waals surface area contributed by atoms with E-state index < -0.39 is 0 Å². The molecule has 0 N–H and O–H groups in total. The molecule has 0 saturated carbocycles. The third-order valence-electron chi connectivity index (χ3n) is 11.7. The summed E-state index contributed by atoms with van der Waals surface area (Å²) >= 11 is 0. The Hall–Kier alpha value is -6.76. The smallest absolute Gasteiger partial charge is 0.0158 e. The zero-order valence-electron chi connectivity index (χ0n) is 31.1. The molecule has 0 nitrogen and oxygen atoms in total. The monoisotopic (exact) mass is 700 g/mol. The molecule has 0 bridgehead atoms. The number of fused-ring (bicyclic) bond motifs is 5. The quantitative estimate of drug-likeness (QED) is 0.120. The molecule has 260 valence electrons. The highest BCUT2D eigenvalue weighted by molar-refractivity contribution is 6.22. The van der Waals surface area contributed by atoms with Crippen LogP contribution in [0.5, 0.6) is 0 Å². The van der Waals surface area contributed by atoms with Crippen molar-refractivity contribution in [2.75, 3.05) is 0 Å². The minimum absolute atomic E-state index is 0.0424. The summed E-state index contributed by atoms with van der Waals surface area (Å²) in [6.45, 7) is 4.71. The summed E-state index contributed by atoms with van der Waals surface area (Å²) in [5.74, 6) is 0. The van der Waals surface area contributed by atoms with Gasteiger partial charge in [-0.2, -0.15) is 0 Å². The van der Waals surface area contributed by atoms with Crippen LogP contribution in [0.25, 0.3) is 77.7 Å². The van der Waals surface area contributed by atoms with Crippen molar-refractivity contribution in [1.29, 1.82) is 0 Å². The zero-order chi connectivity index (χ0) is 36.9. The normalized spacial score (nSPS) is 12.7. The Morgan fingerprint density at radius 3 is 1.60 bits per heavy atom. The second-order valence-corrected chi connectivity index (χ2v) is 15.3. The van der Waals surface area contributed by atoms with Crippen molar-refractivity contribution in [3.05, 3.63) is 228 Å². The van der Waals surface area contributed by atoms with Crippen LogP contribution in [0.1, 0.15) is 41.7 Å². The summed E-state index contributed by atoms with van der Waals surface area (Å²) < 4.78 is 0. The lowest BCUT2D eigenvalue weighted by atomic mass is 9.81. The topological polar surface area (TPSA) is 0 Å². The first-order valence-electron chi connectivity index (χ1n) is 19.3. The maximum absolute atomic E-state index is 2.46. The maximum Gasteiger partial charge on any atom is 0.0158 e. The average molecular weight is 701 g/mol. The lowest BCUT2D eigenvalue weighted by Gasteiger charge is -2.22. The van der Waals surface area contributed by atoms with E-state index in [0.717, 1.165) is 0 Å². The summed E-state index contributed by atoms with van der Waals surface area (Å²) in [7, 11) is 0. The average Bonchev–Trinajstić information content (AvgIpc) is 3.48. The van der Waals surface area contributed by atoms with Gasteiger partial charge in [-0.15, -0.1) is 0 Å². The van der Waals surface area contributed by atoms with Crippen molar-refractivity contribution >= 4 is 33.2 Å². The number of benzene rings is 9. The molecule has 0 heterocycles. The third kappa shape index (κ3) is 5.61. The van der Waals surface area contributed by atoms with Crippen LogP contribution in [0.15, 0.2) is 200 Å². The summed E-state index contributed by atoms with van der Waals surface area (Å²) in [5.41, 5.74) is 17.6. The highest BCUT2D eigenvalue weighted by Gasteiger charge is 2.35. The molecule has 0 amide bonds. The fraction of sp³-hybridized carbons (Fsp3) is 0.0545. The van der Waals surface area contributed by atoms with Gasteiger partial charge in [-0.25, -0.2) is 0 Å². The molecule has 1 aliphatic carbocycles. The molecule has 0 saturated heterocycles. The summed E-state index contributed by atoms with van der Waals surface area (Å²) in [6.07, 6.45) is 2.34. The maximum atomic E-state index is 2.46. The molecule has 0 heteroatoms. The van der Waals surface area contributed by atoms with E-state index in [0.29, 0.717) is 0 Å². The van der Waals surface area contributed by atoms with Crippen molar-refractivity contribution in [2.24, 2.45) is 0 Å². The van der Waals surface area contributed by atoms with Gasteiger partial charge in [0.05, 0.1) is 0 Å². The standard InChI is InChI=1S/C55H40/c1-55(2)51-28-15-14-25-44(51)49-36-43(30-32-52(49)55)54-46-27-13-12-26-45(46)53(47-31-29-41(35-50(47)54)38-18-6-3-7-19-38)42-24-16-17-37(33-42)34-48(39-20-8-4-9-21-39)40-22-10-5-11-23-40/h3-36H,1-2H3. The molecule has 0 aromatic heterocycles. The van der Waals surface area contributed by atoms with E-state index in [1.165, 1.54) is 99.4 Å². The van der Waals surface area contributed by atoms with Crippen LogP contribution < -0.4 is 0 Å². The minimum Gasteiger partial charge on any atom is -0.0622 e. The van der Waals surface area contributed by atoms with Crippen molar-refractivity contribution in [2.45, 2.75) is 19.3 Å². The molecule has 0 radical (unpaired) electrons. The fourth-order valence-corrected chi connectivity index (χ4v) is 9.01. The van der Waals surface area contributed by atoms with E-state index in [9.17, 15) is 0 Å². The molecule has 55 heavy (non-hydrogen) atoms. The lowest BCUT2D eigenvalue weighted by Crippen LogP contribution is -2.14. The van der Waals surface area contributed by atoms with Gasteiger partial charge in [-0.05, 0) is 124 Å². The molecule has 9 aromatic carbocycles. The Morgan fingerprint density at radius 1 is 0.364 bits per heavy atom.